The van der Waals surface area contributed by atoms with Crippen molar-refractivity contribution in [3.8, 4) is 11.3 Å². The van der Waals surface area contributed by atoms with Gasteiger partial charge in [0.05, 0.1) is 25.1 Å². The number of morpholine rings is 1. The number of aryl methyl sites for hydroxylation is 1. The van der Waals surface area contributed by atoms with Gasteiger partial charge in [-0.05, 0) is 38.5 Å². The van der Waals surface area contributed by atoms with Crippen molar-refractivity contribution in [2.45, 2.75) is 26.8 Å². The van der Waals surface area contributed by atoms with Crippen LogP contribution in [0.15, 0.2) is 64.0 Å². The standard InChI is InChI=1S/C24H28N4OS/c1-18(2)26-24-28(23(17-30-24)21-8-4-19(3)5-9-21)25-16-20-6-10-22(11-7-20)27-12-14-29-15-13-27/h4-11,16-18H,12-15H2,1-3H3. The van der Waals surface area contributed by atoms with Crippen molar-refractivity contribution in [3.05, 3.63) is 69.8 Å². The summed E-state index contributed by atoms with van der Waals surface area (Å²) in [5.74, 6) is 0. The molecular weight excluding hydrogens is 392 g/mol. The van der Waals surface area contributed by atoms with Crippen LogP contribution in [0, 0.1) is 6.92 Å². The molecule has 3 aromatic rings. The average Bonchev–Trinajstić information content (AvgIpc) is 3.15. The molecule has 6 heteroatoms. The van der Waals surface area contributed by atoms with E-state index in [2.05, 4.69) is 79.6 Å². The van der Waals surface area contributed by atoms with Crippen LogP contribution in [0.4, 0.5) is 5.69 Å². The average molecular weight is 421 g/mol. The summed E-state index contributed by atoms with van der Waals surface area (Å²) in [6.07, 6.45) is 1.91. The first-order valence-corrected chi connectivity index (χ1v) is 11.3. The number of anilines is 1. The summed E-state index contributed by atoms with van der Waals surface area (Å²) in [5.41, 5.74) is 5.74. The van der Waals surface area contributed by atoms with Crippen molar-refractivity contribution in [2.75, 3.05) is 31.2 Å². The molecule has 0 radical (unpaired) electrons. The van der Waals surface area contributed by atoms with E-state index in [-0.39, 0.29) is 6.04 Å². The molecule has 0 atom stereocenters. The lowest BCUT2D eigenvalue weighted by molar-refractivity contribution is 0.122. The van der Waals surface area contributed by atoms with E-state index in [1.54, 1.807) is 11.3 Å². The summed E-state index contributed by atoms with van der Waals surface area (Å²) >= 11 is 1.62. The van der Waals surface area contributed by atoms with Crippen molar-refractivity contribution < 1.29 is 4.74 Å². The molecule has 0 amide bonds. The molecule has 4 rings (SSSR count). The summed E-state index contributed by atoms with van der Waals surface area (Å²) in [4.78, 5) is 8.02. The van der Waals surface area contributed by atoms with Gasteiger partial charge in [-0.15, -0.1) is 11.3 Å². The molecule has 1 saturated heterocycles. The van der Waals surface area contributed by atoms with Crippen LogP contribution in [-0.4, -0.2) is 43.2 Å². The van der Waals surface area contributed by atoms with Crippen LogP contribution in [0.3, 0.4) is 0 Å². The van der Waals surface area contributed by atoms with E-state index >= 15 is 0 Å². The van der Waals surface area contributed by atoms with E-state index < -0.39 is 0 Å². The van der Waals surface area contributed by atoms with Gasteiger partial charge in [0.2, 0.25) is 4.80 Å². The van der Waals surface area contributed by atoms with Gasteiger partial charge in [-0.3, -0.25) is 4.99 Å². The fourth-order valence-corrected chi connectivity index (χ4v) is 4.33. The minimum atomic E-state index is 0.212. The van der Waals surface area contributed by atoms with Crippen LogP contribution in [0.25, 0.3) is 11.3 Å². The highest BCUT2D eigenvalue weighted by Crippen LogP contribution is 2.21. The second kappa shape index (κ2) is 9.41. The maximum atomic E-state index is 5.44. The van der Waals surface area contributed by atoms with Gasteiger partial charge in [0.15, 0.2) is 0 Å². The molecular formula is C24H28N4OS. The number of nitrogens with zero attached hydrogens (tertiary/aromatic N) is 4. The summed E-state index contributed by atoms with van der Waals surface area (Å²) < 4.78 is 7.39. The molecule has 0 saturated carbocycles. The van der Waals surface area contributed by atoms with E-state index in [0.717, 1.165) is 47.9 Å². The Morgan fingerprint density at radius 2 is 1.70 bits per heavy atom. The first-order valence-electron chi connectivity index (χ1n) is 10.4. The monoisotopic (exact) mass is 420 g/mol. The molecule has 156 valence electrons. The van der Waals surface area contributed by atoms with Gasteiger partial charge < -0.3 is 9.64 Å². The predicted molar refractivity (Wildman–Crippen MR) is 126 cm³/mol. The molecule has 0 aliphatic carbocycles. The molecule has 0 unspecified atom stereocenters. The van der Waals surface area contributed by atoms with Crippen LogP contribution in [0.5, 0.6) is 0 Å². The Morgan fingerprint density at radius 1 is 1.00 bits per heavy atom. The lowest BCUT2D eigenvalue weighted by atomic mass is 10.1. The van der Waals surface area contributed by atoms with Crippen LogP contribution in [0.1, 0.15) is 25.0 Å². The topological polar surface area (TPSA) is 42.1 Å². The van der Waals surface area contributed by atoms with E-state index in [4.69, 9.17) is 14.8 Å². The van der Waals surface area contributed by atoms with Crippen molar-refractivity contribution in [2.24, 2.45) is 10.1 Å². The second-order valence-electron chi connectivity index (χ2n) is 7.74. The van der Waals surface area contributed by atoms with Gasteiger partial charge in [0, 0.05) is 35.8 Å². The number of ether oxygens (including phenoxy) is 1. The normalized spacial score (nSPS) is 15.5. The summed E-state index contributed by atoms with van der Waals surface area (Å²) in [6, 6.07) is 17.3. The third-order valence-electron chi connectivity index (χ3n) is 4.99. The molecule has 30 heavy (non-hydrogen) atoms. The number of thiazole rings is 1. The Balaban J connectivity index is 1.63. The molecule has 1 aliphatic heterocycles. The van der Waals surface area contributed by atoms with Gasteiger partial charge in [-0.2, -0.15) is 5.10 Å². The molecule has 5 nitrogen and oxygen atoms in total. The molecule has 1 aromatic heterocycles. The third kappa shape index (κ3) is 4.89. The molecule has 0 bridgehead atoms. The Kier molecular flexibility index (Phi) is 6.45. The van der Waals surface area contributed by atoms with E-state index in [1.165, 1.54) is 11.3 Å². The van der Waals surface area contributed by atoms with Gasteiger partial charge >= 0.3 is 0 Å². The highest BCUT2D eigenvalue weighted by molar-refractivity contribution is 7.07. The Morgan fingerprint density at radius 3 is 2.37 bits per heavy atom. The quantitative estimate of drug-likeness (QED) is 0.568. The van der Waals surface area contributed by atoms with Crippen LogP contribution < -0.4 is 9.70 Å². The molecule has 1 aliphatic rings. The summed E-state index contributed by atoms with van der Waals surface area (Å²) in [6.45, 7) is 9.75. The first-order chi connectivity index (χ1) is 14.6. The number of rotatable bonds is 5. The SMILES string of the molecule is Cc1ccc(-c2csc(=NC(C)C)n2N=Cc2ccc(N3CCOCC3)cc2)cc1. The van der Waals surface area contributed by atoms with Crippen LogP contribution >= 0.6 is 11.3 Å². The lowest BCUT2D eigenvalue weighted by Gasteiger charge is -2.28. The highest BCUT2D eigenvalue weighted by atomic mass is 32.1. The summed E-state index contributed by atoms with van der Waals surface area (Å²) in [5, 5.41) is 6.93. The zero-order valence-corrected chi connectivity index (χ0v) is 18.6. The van der Waals surface area contributed by atoms with Crippen LogP contribution in [-0.2, 0) is 4.74 Å². The molecule has 2 heterocycles. The Labute approximate surface area is 182 Å². The maximum Gasteiger partial charge on any atom is 0.206 e. The number of aromatic nitrogens is 1. The van der Waals surface area contributed by atoms with Gasteiger partial charge in [0.25, 0.3) is 0 Å². The van der Waals surface area contributed by atoms with Gasteiger partial charge in [-0.1, -0.05) is 42.0 Å². The fourth-order valence-electron chi connectivity index (χ4n) is 3.36. The van der Waals surface area contributed by atoms with Crippen molar-refractivity contribution in [3.63, 3.8) is 0 Å². The third-order valence-corrected chi connectivity index (χ3v) is 5.82. The second-order valence-corrected chi connectivity index (χ2v) is 8.58. The lowest BCUT2D eigenvalue weighted by Crippen LogP contribution is -2.36. The van der Waals surface area contributed by atoms with Crippen molar-refractivity contribution in [1.29, 1.82) is 0 Å². The van der Waals surface area contributed by atoms with E-state index in [1.807, 2.05) is 10.9 Å². The molecule has 0 spiro atoms. The molecule has 1 fully saturated rings. The first kappa shape index (κ1) is 20.6. The minimum absolute atomic E-state index is 0.212. The van der Waals surface area contributed by atoms with E-state index in [0.29, 0.717) is 0 Å². The Hall–Kier alpha value is -2.70. The minimum Gasteiger partial charge on any atom is -0.378 e. The predicted octanol–water partition coefficient (Wildman–Crippen LogP) is 4.55. The smallest absolute Gasteiger partial charge is 0.206 e. The highest BCUT2D eigenvalue weighted by Gasteiger charge is 2.11. The van der Waals surface area contributed by atoms with Crippen molar-refractivity contribution >= 4 is 23.2 Å². The number of hydrogen-bond acceptors (Lipinski definition) is 5. The fraction of sp³-hybridized carbons (Fsp3) is 0.333. The Bertz CT molecular complexity index is 1060. The van der Waals surface area contributed by atoms with Gasteiger partial charge in [-0.25, -0.2) is 4.68 Å². The largest absolute Gasteiger partial charge is 0.378 e. The number of benzene rings is 2. The number of hydrogen-bond donors (Lipinski definition) is 0. The van der Waals surface area contributed by atoms with Crippen LogP contribution in [0.2, 0.25) is 0 Å². The zero-order valence-electron chi connectivity index (χ0n) is 17.8. The van der Waals surface area contributed by atoms with E-state index in [9.17, 15) is 0 Å². The zero-order chi connectivity index (χ0) is 20.9. The summed E-state index contributed by atoms with van der Waals surface area (Å²) in [7, 11) is 0. The molecule has 0 N–H and O–H groups in total. The molecule has 2 aromatic carbocycles. The maximum absolute atomic E-state index is 5.44. The van der Waals surface area contributed by atoms with Gasteiger partial charge in [0.1, 0.15) is 0 Å². The van der Waals surface area contributed by atoms with Crippen molar-refractivity contribution in [1.82, 2.24) is 4.68 Å².